The molecule has 0 spiro atoms. The number of aryl methyl sites for hydroxylation is 1. The van der Waals surface area contributed by atoms with Crippen LogP contribution in [0.15, 0.2) is 4.52 Å². The van der Waals surface area contributed by atoms with Crippen molar-refractivity contribution < 1.29 is 22.5 Å². The number of rotatable bonds is 1. The van der Waals surface area contributed by atoms with E-state index in [1.807, 2.05) is 6.92 Å². The summed E-state index contributed by atoms with van der Waals surface area (Å²) >= 11 is 0. The van der Waals surface area contributed by atoms with Crippen LogP contribution in [0.3, 0.4) is 0 Å². The summed E-state index contributed by atoms with van der Waals surface area (Å²) in [4.78, 5) is 13.7. The van der Waals surface area contributed by atoms with E-state index in [0.29, 0.717) is 18.7 Å². The number of hydrogen-bond donors (Lipinski definition) is 0. The van der Waals surface area contributed by atoms with Crippen molar-refractivity contribution >= 4 is 5.91 Å². The molecule has 2 aliphatic rings. The van der Waals surface area contributed by atoms with E-state index in [-0.39, 0.29) is 13.0 Å². The topological polar surface area (TPSA) is 46.3 Å². The summed E-state index contributed by atoms with van der Waals surface area (Å²) in [5, 5.41) is 3.83. The Hall–Kier alpha value is -1.53. The minimum Gasteiger partial charge on any atom is -0.359 e. The Morgan fingerprint density at radius 1 is 1.50 bits per heavy atom. The van der Waals surface area contributed by atoms with Gasteiger partial charge in [-0.15, -0.1) is 0 Å². The van der Waals surface area contributed by atoms with Gasteiger partial charge in [-0.2, -0.15) is 13.2 Å². The van der Waals surface area contributed by atoms with Crippen LogP contribution in [0.25, 0.3) is 0 Å². The third-order valence-corrected chi connectivity index (χ3v) is 4.53. The van der Waals surface area contributed by atoms with Crippen LogP contribution >= 0.6 is 0 Å². The molecule has 1 aromatic rings. The van der Waals surface area contributed by atoms with Crippen molar-refractivity contribution in [2.45, 2.75) is 39.4 Å². The number of carbonyl (C=O) groups is 1. The van der Waals surface area contributed by atoms with E-state index in [4.69, 9.17) is 4.52 Å². The number of carbonyl (C=O) groups excluding carboxylic acids is 1. The van der Waals surface area contributed by atoms with Crippen LogP contribution < -0.4 is 0 Å². The molecule has 7 heteroatoms. The van der Waals surface area contributed by atoms with Crippen LogP contribution in [-0.4, -0.2) is 28.7 Å². The summed E-state index contributed by atoms with van der Waals surface area (Å²) in [6, 6.07) is 0. The van der Waals surface area contributed by atoms with Crippen LogP contribution in [0, 0.1) is 18.3 Å². The molecule has 2 heterocycles. The summed E-state index contributed by atoms with van der Waals surface area (Å²) in [6.07, 6.45) is -3.85. The lowest BCUT2D eigenvalue weighted by molar-refractivity contribution is -0.188. The Kier molecular flexibility index (Phi) is 2.68. The zero-order valence-corrected chi connectivity index (χ0v) is 11.3. The van der Waals surface area contributed by atoms with Gasteiger partial charge in [-0.1, -0.05) is 12.1 Å². The predicted molar refractivity (Wildman–Crippen MR) is 62.6 cm³/mol. The fourth-order valence-corrected chi connectivity index (χ4v) is 2.83. The van der Waals surface area contributed by atoms with Gasteiger partial charge in [0.2, 0.25) is 5.91 Å². The summed E-state index contributed by atoms with van der Waals surface area (Å²) in [6.45, 7) is 3.59. The normalized spacial score (nSPS) is 29.2. The van der Waals surface area contributed by atoms with Crippen LogP contribution in [-0.2, 0) is 17.8 Å². The van der Waals surface area contributed by atoms with Gasteiger partial charge in [-0.05, 0) is 19.8 Å². The Bertz CT molecular complexity index is 566. The molecule has 0 bridgehead atoms. The van der Waals surface area contributed by atoms with E-state index in [1.165, 1.54) is 4.90 Å². The van der Waals surface area contributed by atoms with E-state index in [1.54, 1.807) is 0 Å². The molecule has 20 heavy (non-hydrogen) atoms. The van der Waals surface area contributed by atoms with Crippen LogP contribution in [0.4, 0.5) is 13.2 Å². The van der Waals surface area contributed by atoms with Crippen molar-refractivity contribution in [3.05, 3.63) is 17.0 Å². The SMILES string of the molecule is Cc1noc2c1CCN(C(=O)[C@@H]1C[C@@]1(C)C(F)(F)F)C2. The number of halogens is 3. The quantitative estimate of drug-likeness (QED) is 0.797. The molecule has 1 aromatic heterocycles. The molecule has 0 N–H and O–H groups in total. The Morgan fingerprint density at radius 3 is 2.80 bits per heavy atom. The molecular weight excluding hydrogens is 273 g/mol. The summed E-state index contributed by atoms with van der Waals surface area (Å²) in [7, 11) is 0. The molecule has 2 atom stereocenters. The van der Waals surface area contributed by atoms with E-state index in [0.717, 1.165) is 18.2 Å². The molecular formula is C13H15F3N2O2. The van der Waals surface area contributed by atoms with Gasteiger partial charge >= 0.3 is 6.18 Å². The van der Waals surface area contributed by atoms with Crippen molar-refractivity contribution in [1.82, 2.24) is 10.1 Å². The first kappa shape index (κ1) is 13.5. The first-order valence-electron chi connectivity index (χ1n) is 6.53. The van der Waals surface area contributed by atoms with Crippen molar-refractivity contribution in [2.75, 3.05) is 6.54 Å². The molecule has 1 saturated carbocycles. The first-order valence-corrected chi connectivity index (χ1v) is 6.53. The van der Waals surface area contributed by atoms with Crippen LogP contribution in [0.1, 0.15) is 30.4 Å². The van der Waals surface area contributed by atoms with Crippen molar-refractivity contribution in [3.8, 4) is 0 Å². The van der Waals surface area contributed by atoms with Gasteiger partial charge in [0.15, 0.2) is 5.76 Å². The smallest absolute Gasteiger partial charge is 0.359 e. The molecule has 0 unspecified atom stereocenters. The highest BCUT2D eigenvalue weighted by Gasteiger charge is 2.70. The zero-order chi connectivity index (χ0) is 14.7. The lowest BCUT2D eigenvalue weighted by atomic mass is 10.0. The summed E-state index contributed by atoms with van der Waals surface area (Å²) in [5.41, 5.74) is -0.0936. The monoisotopic (exact) mass is 288 g/mol. The van der Waals surface area contributed by atoms with E-state index >= 15 is 0 Å². The van der Waals surface area contributed by atoms with Crippen molar-refractivity contribution in [1.29, 1.82) is 0 Å². The highest BCUT2D eigenvalue weighted by Crippen LogP contribution is 2.62. The van der Waals surface area contributed by atoms with Crippen molar-refractivity contribution in [3.63, 3.8) is 0 Å². The lowest BCUT2D eigenvalue weighted by Gasteiger charge is -2.27. The van der Waals surface area contributed by atoms with Gasteiger partial charge in [0.05, 0.1) is 23.6 Å². The number of fused-ring (bicyclic) bond motifs is 1. The fourth-order valence-electron chi connectivity index (χ4n) is 2.83. The van der Waals surface area contributed by atoms with E-state index in [2.05, 4.69) is 5.16 Å². The molecule has 3 rings (SSSR count). The van der Waals surface area contributed by atoms with Gasteiger partial charge in [-0.25, -0.2) is 0 Å². The molecule has 1 fully saturated rings. The molecule has 0 radical (unpaired) electrons. The molecule has 0 aromatic carbocycles. The average Bonchev–Trinajstić information content (AvgIpc) is 2.96. The largest absolute Gasteiger partial charge is 0.395 e. The maximum absolute atomic E-state index is 12.8. The molecule has 4 nitrogen and oxygen atoms in total. The molecule has 1 aliphatic carbocycles. The number of nitrogens with zero attached hydrogens (tertiary/aromatic N) is 2. The second kappa shape index (κ2) is 3.99. The molecule has 0 saturated heterocycles. The lowest BCUT2D eigenvalue weighted by Crippen LogP contribution is -2.39. The second-order valence-electron chi connectivity index (χ2n) is 5.85. The number of amides is 1. The average molecular weight is 288 g/mol. The Morgan fingerprint density at radius 2 is 2.20 bits per heavy atom. The second-order valence-corrected chi connectivity index (χ2v) is 5.85. The summed E-state index contributed by atoms with van der Waals surface area (Å²) < 4.78 is 43.7. The Labute approximate surface area is 113 Å². The highest BCUT2D eigenvalue weighted by atomic mass is 19.4. The van der Waals surface area contributed by atoms with Crippen LogP contribution in [0.2, 0.25) is 0 Å². The number of alkyl halides is 3. The number of aromatic nitrogens is 1. The highest BCUT2D eigenvalue weighted by molar-refractivity contribution is 5.83. The maximum Gasteiger partial charge on any atom is 0.395 e. The maximum atomic E-state index is 12.8. The van der Waals surface area contributed by atoms with Gasteiger partial charge < -0.3 is 9.42 Å². The van der Waals surface area contributed by atoms with Gasteiger partial charge in [0.25, 0.3) is 0 Å². The molecule has 1 amide bonds. The standard InChI is InChI=1S/C13H15F3N2O2/c1-7-8-3-4-18(6-10(8)20-17-7)11(19)9-5-12(9,2)13(14,15)16/h9H,3-6H2,1-2H3/t9-,12+/m0/s1. The summed E-state index contributed by atoms with van der Waals surface area (Å²) in [5.74, 6) is -0.783. The van der Waals surface area contributed by atoms with E-state index < -0.39 is 23.4 Å². The number of hydrogen-bond acceptors (Lipinski definition) is 3. The van der Waals surface area contributed by atoms with Gasteiger partial charge in [0.1, 0.15) is 0 Å². The van der Waals surface area contributed by atoms with Crippen molar-refractivity contribution in [2.24, 2.45) is 11.3 Å². The molecule has 110 valence electrons. The zero-order valence-electron chi connectivity index (χ0n) is 11.3. The fraction of sp³-hybridized carbons (Fsp3) is 0.692. The van der Waals surface area contributed by atoms with Crippen LogP contribution in [0.5, 0.6) is 0 Å². The predicted octanol–water partition coefficient (Wildman–Crippen LogP) is 2.46. The third kappa shape index (κ3) is 1.83. The minimum absolute atomic E-state index is 0.117. The van der Waals surface area contributed by atoms with Gasteiger partial charge in [0, 0.05) is 12.1 Å². The molecule has 1 aliphatic heterocycles. The first-order chi connectivity index (χ1) is 9.24. The Balaban J connectivity index is 1.72. The van der Waals surface area contributed by atoms with E-state index in [9.17, 15) is 18.0 Å². The van der Waals surface area contributed by atoms with Gasteiger partial charge in [-0.3, -0.25) is 4.79 Å². The minimum atomic E-state index is -4.32. The third-order valence-electron chi connectivity index (χ3n) is 4.53.